The first-order valence-electron chi connectivity index (χ1n) is 5.83. The van der Waals surface area contributed by atoms with Crippen LogP contribution in [0.3, 0.4) is 0 Å². The van der Waals surface area contributed by atoms with Crippen molar-refractivity contribution in [2.45, 2.75) is 25.4 Å². The maximum absolute atomic E-state index is 12.9. The summed E-state index contributed by atoms with van der Waals surface area (Å²) in [6, 6.07) is 7.29. The highest BCUT2D eigenvalue weighted by Crippen LogP contribution is 2.23. The number of halogens is 2. The van der Waals surface area contributed by atoms with E-state index in [1.54, 1.807) is 6.07 Å². The Bertz CT molecular complexity index is 370. The Kier molecular flexibility index (Phi) is 3.74. The summed E-state index contributed by atoms with van der Waals surface area (Å²) in [6.07, 6.45) is -0.241. The van der Waals surface area contributed by atoms with Crippen molar-refractivity contribution in [2.75, 3.05) is 19.7 Å². The van der Waals surface area contributed by atoms with Crippen molar-refractivity contribution in [3.8, 4) is 0 Å². The van der Waals surface area contributed by atoms with Gasteiger partial charge in [0.25, 0.3) is 0 Å². The van der Waals surface area contributed by atoms with Gasteiger partial charge in [-0.1, -0.05) is 24.3 Å². The molecule has 0 spiro atoms. The van der Waals surface area contributed by atoms with Gasteiger partial charge in [0.05, 0.1) is 12.7 Å². The quantitative estimate of drug-likeness (QED) is 0.878. The molecule has 0 aromatic heterocycles. The molecule has 1 N–H and O–H groups in total. The molecule has 1 fully saturated rings. The first kappa shape index (κ1) is 12.5. The van der Waals surface area contributed by atoms with Crippen LogP contribution in [0.4, 0.5) is 8.78 Å². The minimum absolute atomic E-state index is 0.0193. The highest BCUT2D eigenvalue weighted by Gasteiger charge is 2.22. The Morgan fingerprint density at radius 1 is 1.47 bits per heavy atom. The van der Waals surface area contributed by atoms with Crippen LogP contribution in [0.15, 0.2) is 24.3 Å². The van der Waals surface area contributed by atoms with Crippen LogP contribution in [0, 0.1) is 0 Å². The third kappa shape index (κ3) is 3.75. The maximum atomic E-state index is 12.9. The van der Waals surface area contributed by atoms with Crippen molar-refractivity contribution in [2.24, 2.45) is 0 Å². The molecule has 2 rings (SSSR count). The molecule has 0 aliphatic carbocycles. The van der Waals surface area contributed by atoms with Crippen molar-refractivity contribution in [1.29, 1.82) is 0 Å². The molecule has 2 nitrogen and oxygen atoms in total. The van der Waals surface area contributed by atoms with Gasteiger partial charge in [0.2, 0.25) is 5.92 Å². The maximum Gasteiger partial charge on any atom is 0.249 e. The van der Waals surface area contributed by atoms with E-state index in [9.17, 15) is 8.78 Å². The van der Waals surface area contributed by atoms with E-state index in [4.69, 9.17) is 4.74 Å². The van der Waals surface area contributed by atoms with E-state index >= 15 is 0 Å². The Morgan fingerprint density at radius 3 is 2.94 bits per heavy atom. The second-order valence-electron chi connectivity index (χ2n) is 4.56. The lowest BCUT2D eigenvalue weighted by atomic mass is 10.0. The van der Waals surface area contributed by atoms with E-state index in [0.717, 1.165) is 25.6 Å². The molecule has 1 aliphatic rings. The second-order valence-corrected chi connectivity index (χ2v) is 4.56. The predicted molar refractivity (Wildman–Crippen MR) is 62.3 cm³/mol. The average molecular weight is 241 g/mol. The van der Waals surface area contributed by atoms with Crippen molar-refractivity contribution in [1.82, 2.24) is 5.32 Å². The number of morpholine rings is 1. The van der Waals surface area contributed by atoms with Crippen LogP contribution in [-0.2, 0) is 11.2 Å². The lowest BCUT2D eigenvalue weighted by molar-refractivity contribution is 0.0213. The Hall–Kier alpha value is -1.00. The number of nitrogens with one attached hydrogen (secondary N) is 1. The van der Waals surface area contributed by atoms with Crippen LogP contribution in [0.2, 0.25) is 0 Å². The molecule has 4 heteroatoms. The van der Waals surface area contributed by atoms with E-state index in [-0.39, 0.29) is 12.5 Å². The van der Waals surface area contributed by atoms with Crippen LogP contribution < -0.4 is 5.32 Å². The van der Waals surface area contributed by atoms with Gasteiger partial charge >= 0.3 is 0 Å². The molecule has 0 bridgehead atoms. The number of hydrogen-bond acceptors (Lipinski definition) is 2. The minimum Gasteiger partial charge on any atom is -0.371 e. The number of ether oxygens (including phenoxy) is 1. The van der Waals surface area contributed by atoms with Gasteiger partial charge < -0.3 is 10.1 Å². The molecule has 1 saturated heterocycles. The topological polar surface area (TPSA) is 21.3 Å². The van der Waals surface area contributed by atoms with Gasteiger partial charge in [0, 0.05) is 19.5 Å². The van der Waals surface area contributed by atoms with Crippen molar-refractivity contribution < 1.29 is 13.5 Å². The molecule has 1 aromatic rings. The second kappa shape index (κ2) is 5.10. The summed E-state index contributed by atoms with van der Waals surface area (Å²) < 4.78 is 31.5. The smallest absolute Gasteiger partial charge is 0.249 e. The predicted octanol–water partition coefficient (Wildman–Crippen LogP) is 2.55. The summed E-state index contributed by atoms with van der Waals surface area (Å²) in [5.41, 5.74) is 1.63. The van der Waals surface area contributed by atoms with Gasteiger partial charge in [-0.05, 0) is 18.1 Å². The first-order chi connectivity index (χ1) is 8.04. The SMILES string of the molecule is CC(F)(F)Cc1cccc(C2CNCCO2)c1. The number of alkyl halides is 2. The molecule has 1 unspecified atom stereocenters. The molecule has 1 aromatic carbocycles. The Morgan fingerprint density at radius 2 is 2.29 bits per heavy atom. The van der Waals surface area contributed by atoms with E-state index in [2.05, 4.69) is 5.32 Å². The molecule has 0 radical (unpaired) electrons. The van der Waals surface area contributed by atoms with Crippen LogP contribution in [0.25, 0.3) is 0 Å². The number of rotatable bonds is 3. The molecule has 1 aliphatic heterocycles. The first-order valence-corrected chi connectivity index (χ1v) is 5.83. The zero-order valence-electron chi connectivity index (χ0n) is 9.88. The standard InChI is InChI=1S/C13H17F2NO/c1-13(14,15)8-10-3-2-4-11(7-10)12-9-16-5-6-17-12/h2-4,7,12,16H,5-6,8-9H2,1H3. The zero-order valence-corrected chi connectivity index (χ0v) is 9.88. The van der Waals surface area contributed by atoms with E-state index in [1.807, 2.05) is 18.2 Å². The fourth-order valence-corrected chi connectivity index (χ4v) is 2.04. The Labute approximate surface area is 100.0 Å². The summed E-state index contributed by atoms with van der Waals surface area (Å²) in [7, 11) is 0. The van der Waals surface area contributed by atoms with E-state index in [1.165, 1.54) is 0 Å². The monoisotopic (exact) mass is 241 g/mol. The van der Waals surface area contributed by atoms with Crippen molar-refractivity contribution >= 4 is 0 Å². The van der Waals surface area contributed by atoms with Gasteiger partial charge in [-0.25, -0.2) is 8.78 Å². The molecular formula is C13H17F2NO. The number of benzene rings is 1. The molecule has 1 atom stereocenters. The highest BCUT2D eigenvalue weighted by molar-refractivity contribution is 5.26. The van der Waals surface area contributed by atoms with Gasteiger partial charge in [0.15, 0.2) is 0 Å². The van der Waals surface area contributed by atoms with Crippen molar-refractivity contribution in [3.05, 3.63) is 35.4 Å². The summed E-state index contributed by atoms with van der Waals surface area (Å²) >= 11 is 0. The van der Waals surface area contributed by atoms with Gasteiger partial charge in [-0.15, -0.1) is 0 Å². The molecule has 0 saturated carbocycles. The van der Waals surface area contributed by atoms with Gasteiger partial charge in [0.1, 0.15) is 0 Å². The summed E-state index contributed by atoms with van der Waals surface area (Å²) in [5.74, 6) is -2.66. The van der Waals surface area contributed by atoms with E-state index in [0.29, 0.717) is 12.2 Å². The molecule has 17 heavy (non-hydrogen) atoms. The van der Waals surface area contributed by atoms with Gasteiger partial charge in [-0.2, -0.15) is 0 Å². The Balaban J connectivity index is 2.10. The van der Waals surface area contributed by atoms with Crippen LogP contribution in [0.5, 0.6) is 0 Å². The minimum atomic E-state index is -2.66. The molecule has 0 amide bonds. The fourth-order valence-electron chi connectivity index (χ4n) is 2.04. The zero-order chi connectivity index (χ0) is 12.3. The summed E-state index contributed by atoms with van der Waals surface area (Å²) in [4.78, 5) is 0. The summed E-state index contributed by atoms with van der Waals surface area (Å²) in [5, 5.41) is 3.23. The lowest BCUT2D eigenvalue weighted by Gasteiger charge is -2.24. The number of hydrogen-bond donors (Lipinski definition) is 1. The fraction of sp³-hybridized carbons (Fsp3) is 0.538. The van der Waals surface area contributed by atoms with Crippen LogP contribution in [0.1, 0.15) is 24.2 Å². The molecule has 94 valence electrons. The highest BCUT2D eigenvalue weighted by atomic mass is 19.3. The largest absolute Gasteiger partial charge is 0.371 e. The van der Waals surface area contributed by atoms with E-state index < -0.39 is 5.92 Å². The van der Waals surface area contributed by atoms with Crippen molar-refractivity contribution in [3.63, 3.8) is 0 Å². The third-order valence-corrected chi connectivity index (χ3v) is 2.76. The average Bonchev–Trinajstić information content (AvgIpc) is 2.28. The van der Waals surface area contributed by atoms with Crippen LogP contribution >= 0.6 is 0 Å². The molecular weight excluding hydrogens is 224 g/mol. The normalized spacial score (nSPS) is 21.5. The lowest BCUT2D eigenvalue weighted by Crippen LogP contribution is -2.33. The van der Waals surface area contributed by atoms with Gasteiger partial charge in [-0.3, -0.25) is 0 Å². The molecule has 1 heterocycles. The third-order valence-electron chi connectivity index (χ3n) is 2.76. The van der Waals surface area contributed by atoms with Crippen LogP contribution in [-0.4, -0.2) is 25.6 Å². The summed E-state index contributed by atoms with van der Waals surface area (Å²) in [6.45, 7) is 3.20.